The van der Waals surface area contributed by atoms with Gasteiger partial charge in [0.25, 0.3) is 0 Å². The second kappa shape index (κ2) is 12.4. The molecule has 0 amide bonds. The van der Waals surface area contributed by atoms with Gasteiger partial charge in [0.05, 0.1) is 6.10 Å². The second-order valence-corrected chi connectivity index (χ2v) is 5.25. The number of carbonyl (C=O) groups excluding carboxylic acids is 1. The van der Waals surface area contributed by atoms with Crippen LogP contribution < -0.4 is 0 Å². The summed E-state index contributed by atoms with van der Waals surface area (Å²) >= 11 is 5.20. The van der Waals surface area contributed by atoms with Gasteiger partial charge in [-0.3, -0.25) is 4.79 Å². The van der Waals surface area contributed by atoms with E-state index in [2.05, 4.69) is 6.92 Å². The summed E-state index contributed by atoms with van der Waals surface area (Å²) in [6, 6.07) is 0. The highest BCUT2D eigenvalue weighted by Gasteiger charge is 2.07. The van der Waals surface area contributed by atoms with Crippen LogP contribution in [0.2, 0.25) is 0 Å². The predicted octanol–water partition coefficient (Wildman–Crippen LogP) is 4.42. The average Bonchev–Trinajstić information content (AvgIpc) is 2.26. The molecule has 0 saturated carbocycles. The van der Waals surface area contributed by atoms with Crippen molar-refractivity contribution in [3.63, 3.8) is 0 Å². The molecule has 0 fully saturated rings. The van der Waals surface area contributed by atoms with Crippen molar-refractivity contribution in [3.8, 4) is 0 Å². The fourth-order valence-corrected chi connectivity index (χ4v) is 2.16. The normalized spacial score (nSPS) is 12.6. The van der Waals surface area contributed by atoms with Crippen LogP contribution in [0.5, 0.6) is 0 Å². The molecule has 102 valence electrons. The molecule has 3 heteroatoms. The third kappa shape index (κ3) is 13.9. The third-order valence-electron chi connectivity index (χ3n) is 3.04. The number of halogens is 1. The number of aliphatic hydroxyl groups is 1. The molecule has 0 rings (SSSR count). The lowest BCUT2D eigenvalue weighted by Gasteiger charge is -2.07. The minimum absolute atomic E-state index is 0.0958. The number of rotatable bonds is 12. The van der Waals surface area contributed by atoms with Crippen LogP contribution >= 0.6 is 11.6 Å². The van der Waals surface area contributed by atoms with Crippen molar-refractivity contribution in [1.82, 2.24) is 0 Å². The summed E-state index contributed by atoms with van der Waals surface area (Å²) < 4.78 is 0. The van der Waals surface area contributed by atoms with Gasteiger partial charge < -0.3 is 5.11 Å². The van der Waals surface area contributed by atoms with Gasteiger partial charge in [0, 0.05) is 6.42 Å². The van der Waals surface area contributed by atoms with E-state index < -0.39 is 11.3 Å². The van der Waals surface area contributed by atoms with Gasteiger partial charge in [-0.2, -0.15) is 0 Å². The summed E-state index contributed by atoms with van der Waals surface area (Å²) in [6.45, 7) is 2.23. The molecule has 0 unspecified atom stereocenters. The molecule has 0 heterocycles. The lowest BCUT2D eigenvalue weighted by Crippen LogP contribution is -2.09. The molecular formula is C14H27ClO2. The zero-order chi connectivity index (χ0) is 12.9. The van der Waals surface area contributed by atoms with Crippen LogP contribution in [0.3, 0.4) is 0 Å². The topological polar surface area (TPSA) is 37.3 Å². The first-order valence-corrected chi connectivity index (χ1v) is 7.41. The van der Waals surface area contributed by atoms with Gasteiger partial charge in [-0.1, -0.05) is 64.7 Å². The molecule has 1 N–H and O–H groups in total. The van der Waals surface area contributed by atoms with E-state index >= 15 is 0 Å². The van der Waals surface area contributed by atoms with E-state index in [0.717, 1.165) is 12.8 Å². The second-order valence-electron chi connectivity index (χ2n) is 4.83. The van der Waals surface area contributed by atoms with Gasteiger partial charge in [0.1, 0.15) is 0 Å². The van der Waals surface area contributed by atoms with Crippen molar-refractivity contribution in [3.05, 3.63) is 0 Å². The molecule has 0 aromatic carbocycles. The molecule has 0 aromatic heterocycles. The van der Waals surface area contributed by atoms with Gasteiger partial charge in [0.15, 0.2) is 0 Å². The number of hydrogen-bond acceptors (Lipinski definition) is 2. The molecular weight excluding hydrogens is 236 g/mol. The molecule has 17 heavy (non-hydrogen) atoms. The fraction of sp³-hybridized carbons (Fsp3) is 0.929. The first-order valence-electron chi connectivity index (χ1n) is 7.03. The van der Waals surface area contributed by atoms with Crippen molar-refractivity contribution in [2.75, 3.05) is 0 Å². The maximum absolute atomic E-state index is 10.5. The fourth-order valence-electron chi connectivity index (χ4n) is 1.98. The van der Waals surface area contributed by atoms with Crippen LogP contribution in [0.15, 0.2) is 0 Å². The van der Waals surface area contributed by atoms with Gasteiger partial charge in [-0.25, -0.2) is 0 Å². The highest BCUT2D eigenvalue weighted by Crippen LogP contribution is 2.12. The molecule has 0 aliphatic rings. The quantitative estimate of drug-likeness (QED) is 0.417. The maximum atomic E-state index is 10.5. The van der Waals surface area contributed by atoms with Crippen LogP contribution in [-0.2, 0) is 4.79 Å². The highest BCUT2D eigenvalue weighted by atomic mass is 35.5. The van der Waals surface area contributed by atoms with E-state index in [-0.39, 0.29) is 6.42 Å². The summed E-state index contributed by atoms with van der Waals surface area (Å²) in [5.74, 6) is 0. The van der Waals surface area contributed by atoms with Crippen LogP contribution in [0.25, 0.3) is 0 Å². The largest absolute Gasteiger partial charge is 0.393 e. The van der Waals surface area contributed by atoms with Gasteiger partial charge in [0.2, 0.25) is 5.24 Å². The highest BCUT2D eigenvalue weighted by molar-refractivity contribution is 6.63. The molecule has 2 nitrogen and oxygen atoms in total. The van der Waals surface area contributed by atoms with E-state index in [4.69, 9.17) is 11.6 Å². The first kappa shape index (κ1) is 16.9. The third-order valence-corrected chi connectivity index (χ3v) is 3.19. The van der Waals surface area contributed by atoms with E-state index in [9.17, 15) is 9.90 Å². The van der Waals surface area contributed by atoms with Crippen LogP contribution in [0.1, 0.15) is 77.6 Å². The molecule has 0 radical (unpaired) electrons. The number of carbonyl (C=O) groups is 1. The number of hydrogen-bond donors (Lipinski definition) is 1. The Kier molecular flexibility index (Phi) is 12.3. The Balaban J connectivity index is 3.10. The molecule has 0 aliphatic heterocycles. The Morgan fingerprint density at radius 3 is 1.94 bits per heavy atom. The van der Waals surface area contributed by atoms with Crippen LogP contribution in [-0.4, -0.2) is 16.5 Å². The standard InChI is InChI=1S/C14H27ClO2/c1-2-3-4-5-6-7-8-9-10-11-13(16)12-14(15)17/h13,16H,2-12H2,1H3/t13-/m1/s1. The lowest BCUT2D eigenvalue weighted by atomic mass is 10.0. The zero-order valence-electron chi connectivity index (χ0n) is 11.1. The average molecular weight is 263 g/mol. The lowest BCUT2D eigenvalue weighted by molar-refractivity contribution is -0.113. The van der Waals surface area contributed by atoms with Crippen LogP contribution in [0, 0.1) is 0 Å². The van der Waals surface area contributed by atoms with Gasteiger partial charge in [-0.15, -0.1) is 0 Å². The number of unbranched alkanes of at least 4 members (excludes halogenated alkanes) is 8. The van der Waals surface area contributed by atoms with Gasteiger partial charge >= 0.3 is 0 Å². The predicted molar refractivity (Wildman–Crippen MR) is 73.3 cm³/mol. The minimum Gasteiger partial charge on any atom is -0.393 e. The Morgan fingerprint density at radius 1 is 1.00 bits per heavy atom. The minimum atomic E-state index is -0.537. The Bertz CT molecular complexity index is 183. The van der Waals surface area contributed by atoms with Crippen molar-refractivity contribution in [2.24, 2.45) is 0 Å². The molecule has 0 aliphatic carbocycles. The molecule has 0 aromatic rings. The van der Waals surface area contributed by atoms with E-state index in [0.29, 0.717) is 6.42 Å². The van der Waals surface area contributed by atoms with Crippen molar-refractivity contribution >= 4 is 16.8 Å². The SMILES string of the molecule is CCCCCCCCCCC[C@@H](O)CC(=O)Cl. The zero-order valence-corrected chi connectivity index (χ0v) is 11.8. The Hall–Kier alpha value is -0.0800. The van der Waals surface area contributed by atoms with Crippen molar-refractivity contribution in [2.45, 2.75) is 83.7 Å². The van der Waals surface area contributed by atoms with E-state index in [1.807, 2.05) is 0 Å². The van der Waals surface area contributed by atoms with E-state index in [1.165, 1.54) is 44.9 Å². The summed E-state index contributed by atoms with van der Waals surface area (Å²) in [5.41, 5.74) is 0. The number of aliphatic hydroxyl groups excluding tert-OH is 1. The molecule has 0 saturated heterocycles. The van der Waals surface area contributed by atoms with Crippen LogP contribution in [0.4, 0.5) is 0 Å². The summed E-state index contributed by atoms with van der Waals surface area (Å²) in [6.07, 6.45) is 11.7. The van der Waals surface area contributed by atoms with Crippen molar-refractivity contribution < 1.29 is 9.90 Å². The van der Waals surface area contributed by atoms with Crippen molar-refractivity contribution in [1.29, 1.82) is 0 Å². The molecule has 0 bridgehead atoms. The summed E-state index contributed by atoms with van der Waals surface area (Å²) in [7, 11) is 0. The Labute approximate surface area is 111 Å². The summed E-state index contributed by atoms with van der Waals surface area (Å²) in [5, 5.41) is 8.98. The molecule has 1 atom stereocenters. The maximum Gasteiger partial charge on any atom is 0.224 e. The molecule has 0 spiro atoms. The summed E-state index contributed by atoms with van der Waals surface area (Å²) in [4.78, 5) is 10.5. The Morgan fingerprint density at radius 2 is 1.47 bits per heavy atom. The smallest absolute Gasteiger partial charge is 0.224 e. The first-order chi connectivity index (χ1) is 8.16. The van der Waals surface area contributed by atoms with E-state index in [1.54, 1.807) is 0 Å². The monoisotopic (exact) mass is 262 g/mol. The van der Waals surface area contributed by atoms with Gasteiger partial charge in [-0.05, 0) is 18.0 Å².